The molecule has 0 aliphatic carbocycles. The number of amides is 2. The van der Waals surface area contributed by atoms with Crippen LogP contribution >= 0.6 is 0 Å². The molecule has 1 heterocycles. The number of urea groups is 1. The second-order valence-corrected chi connectivity index (χ2v) is 6.57. The summed E-state index contributed by atoms with van der Waals surface area (Å²) in [6.45, 7) is 5.81. The number of ether oxygens (including phenoxy) is 1. The molecule has 2 rings (SSSR count). The first kappa shape index (κ1) is 20.2. The monoisotopic (exact) mass is 377 g/mol. The molecule has 0 radical (unpaired) electrons. The lowest BCUT2D eigenvalue weighted by atomic mass is 9.95. The number of hydrogen-bond acceptors (Lipinski definition) is 6. The molecule has 9 nitrogen and oxygen atoms in total. The van der Waals surface area contributed by atoms with E-state index >= 15 is 0 Å². The average molecular weight is 377 g/mol. The van der Waals surface area contributed by atoms with Gasteiger partial charge in [0.2, 0.25) is 0 Å². The molecule has 0 spiro atoms. The molecule has 1 aliphatic rings. The molecule has 0 saturated heterocycles. The van der Waals surface area contributed by atoms with Gasteiger partial charge in [0.25, 0.3) is 0 Å². The molecule has 1 aliphatic heterocycles. The number of carbonyl (C=O) groups is 2. The molecular formula is C18H23N3O6. The maximum atomic E-state index is 12.6. The Morgan fingerprint density at radius 2 is 2.15 bits per heavy atom. The molecule has 0 aromatic heterocycles. The highest BCUT2D eigenvalue weighted by molar-refractivity contribution is 5.95. The maximum absolute atomic E-state index is 12.6. The molecule has 1 aromatic rings. The number of carbonyl (C=O) groups excluding carboxylic acids is 2. The fourth-order valence-corrected chi connectivity index (χ4v) is 2.95. The minimum Gasteiger partial charge on any atom is -0.502 e. The van der Waals surface area contributed by atoms with E-state index in [9.17, 15) is 24.8 Å². The molecule has 2 amide bonds. The number of esters is 1. The lowest BCUT2D eigenvalue weighted by Gasteiger charge is -2.28. The highest BCUT2D eigenvalue weighted by Gasteiger charge is 2.33. The van der Waals surface area contributed by atoms with Gasteiger partial charge in [0.1, 0.15) is 0 Å². The van der Waals surface area contributed by atoms with Crippen LogP contribution in [0.3, 0.4) is 0 Å². The van der Waals surface area contributed by atoms with Gasteiger partial charge in [-0.25, -0.2) is 9.59 Å². The van der Waals surface area contributed by atoms with Crippen LogP contribution in [0.15, 0.2) is 29.5 Å². The first-order valence-corrected chi connectivity index (χ1v) is 8.67. The minimum absolute atomic E-state index is 0.165. The number of nitrogens with zero attached hydrogens (tertiary/aromatic N) is 1. The molecule has 0 unspecified atom stereocenters. The number of nitrogens with one attached hydrogen (secondary N) is 2. The van der Waals surface area contributed by atoms with E-state index in [1.807, 2.05) is 13.8 Å². The van der Waals surface area contributed by atoms with Crippen molar-refractivity contribution in [1.29, 1.82) is 0 Å². The summed E-state index contributed by atoms with van der Waals surface area (Å²) in [7, 11) is 0. The van der Waals surface area contributed by atoms with Crippen LogP contribution in [0.1, 0.15) is 45.2 Å². The minimum atomic E-state index is -0.924. The van der Waals surface area contributed by atoms with E-state index in [4.69, 9.17) is 4.74 Å². The fraction of sp³-hybridized carbons (Fsp3) is 0.444. The molecule has 1 aromatic carbocycles. The number of allylic oxidation sites excluding steroid dienone is 1. The first-order chi connectivity index (χ1) is 12.7. The van der Waals surface area contributed by atoms with E-state index in [0.717, 1.165) is 25.0 Å². The van der Waals surface area contributed by atoms with Crippen LogP contribution in [0.4, 0.5) is 10.5 Å². The van der Waals surface area contributed by atoms with Crippen LogP contribution in [0.25, 0.3) is 0 Å². The van der Waals surface area contributed by atoms with Crippen LogP contribution in [0.2, 0.25) is 0 Å². The summed E-state index contributed by atoms with van der Waals surface area (Å²) >= 11 is 0. The van der Waals surface area contributed by atoms with Gasteiger partial charge in [-0.1, -0.05) is 26.3 Å². The smallest absolute Gasteiger partial charge is 0.338 e. The predicted octanol–water partition coefficient (Wildman–Crippen LogP) is 2.91. The number of benzene rings is 1. The van der Waals surface area contributed by atoms with Gasteiger partial charge in [-0.05, 0) is 30.9 Å². The Hall–Kier alpha value is -3.10. The predicted molar refractivity (Wildman–Crippen MR) is 96.9 cm³/mol. The number of phenolic OH excluding ortho intramolecular Hbond substituents is 1. The largest absolute Gasteiger partial charge is 0.502 e. The van der Waals surface area contributed by atoms with E-state index in [1.54, 1.807) is 6.92 Å². The van der Waals surface area contributed by atoms with Gasteiger partial charge in [-0.2, -0.15) is 0 Å². The molecule has 0 bridgehead atoms. The standard InChI is InChI=1S/C18H23N3O6/c1-4-5-10(2)9-27-17(23)15-11(3)19-18(24)20-16(15)12-6-7-14(22)13(8-12)21(25)26/h6-8,10,16,22H,4-5,9H2,1-3H3,(H2,19,20,24)/t10-,16+/m1/s1. The molecule has 9 heteroatoms. The zero-order valence-electron chi connectivity index (χ0n) is 15.4. The molecule has 0 saturated carbocycles. The van der Waals surface area contributed by atoms with Crippen LogP contribution in [-0.4, -0.2) is 28.6 Å². The van der Waals surface area contributed by atoms with Gasteiger partial charge in [-0.15, -0.1) is 0 Å². The SMILES string of the molecule is CCC[C@@H](C)COC(=O)C1=C(C)NC(=O)N[C@H]1c1ccc(O)c([N+](=O)[O-])c1. The normalized spacial score (nSPS) is 17.7. The topological polar surface area (TPSA) is 131 Å². The van der Waals surface area contributed by atoms with Gasteiger partial charge in [-0.3, -0.25) is 10.1 Å². The number of hydrogen-bond donors (Lipinski definition) is 3. The van der Waals surface area contributed by atoms with E-state index in [2.05, 4.69) is 10.6 Å². The van der Waals surface area contributed by atoms with E-state index in [-0.39, 0.29) is 18.1 Å². The number of aromatic hydroxyl groups is 1. The van der Waals surface area contributed by atoms with Gasteiger partial charge in [0, 0.05) is 11.8 Å². The first-order valence-electron chi connectivity index (χ1n) is 8.67. The molecule has 2 atom stereocenters. The Labute approximate surface area is 156 Å². The Morgan fingerprint density at radius 1 is 1.44 bits per heavy atom. The second kappa shape index (κ2) is 8.52. The molecule has 0 fully saturated rings. The Kier molecular flexibility index (Phi) is 6.38. The van der Waals surface area contributed by atoms with Gasteiger partial charge < -0.3 is 20.5 Å². The summed E-state index contributed by atoms with van der Waals surface area (Å²) < 4.78 is 5.38. The van der Waals surface area contributed by atoms with E-state index in [1.165, 1.54) is 6.07 Å². The summed E-state index contributed by atoms with van der Waals surface area (Å²) in [6, 6.07) is 2.24. The summed E-state index contributed by atoms with van der Waals surface area (Å²) in [5.74, 6) is -0.912. The van der Waals surface area contributed by atoms with Crippen molar-refractivity contribution in [3.8, 4) is 5.75 Å². The van der Waals surface area contributed by atoms with Gasteiger partial charge in [0.05, 0.1) is 23.1 Å². The van der Waals surface area contributed by atoms with Crippen molar-refractivity contribution in [3.05, 3.63) is 45.1 Å². The van der Waals surface area contributed by atoms with Crippen molar-refractivity contribution in [3.63, 3.8) is 0 Å². The lowest BCUT2D eigenvalue weighted by Crippen LogP contribution is -2.45. The third-order valence-corrected chi connectivity index (χ3v) is 4.30. The number of nitro benzene ring substituents is 1. The summed E-state index contributed by atoms with van der Waals surface area (Å²) in [4.78, 5) is 34.9. The third-order valence-electron chi connectivity index (χ3n) is 4.30. The van der Waals surface area contributed by atoms with Crippen molar-refractivity contribution in [1.82, 2.24) is 10.6 Å². The number of nitro groups is 1. The van der Waals surface area contributed by atoms with Gasteiger partial charge in [0.15, 0.2) is 5.75 Å². The van der Waals surface area contributed by atoms with E-state index < -0.39 is 34.4 Å². The van der Waals surface area contributed by atoms with Crippen LogP contribution in [0, 0.1) is 16.0 Å². The highest BCUT2D eigenvalue weighted by atomic mass is 16.6. The Bertz CT molecular complexity index is 789. The van der Waals surface area contributed by atoms with Crippen LogP contribution in [0.5, 0.6) is 5.75 Å². The van der Waals surface area contributed by atoms with Crippen LogP contribution < -0.4 is 10.6 Å². The summed E-state index contributed by atoms with van der Waals surface area (Å²) in [5.41, 5.74) is 0.260. The van der Waals surface area contributed by atoms with Gasteiger partial charge >= 0.3 is 17.7 Å². The quantitative estimate of drug-likeness (QED) is 0.380. The lowest BCUT2D eigenvalue weighted by molar-refractivity contribution is -0.385. The molecule has 27 heavy (non-hydrogen) atoms. The molecular weight excluding hydrogens is 354 g/mol. The zero-order valence-corrected chi connectivity index (χ0v) is 15.4. The van der Waals surface area contributed by atoms with Crippen molar-refractivity contribution < 1.29 is 24.4 Å². The zero-order chi connectivity index (χ0) is 20.1. The third kappa shape index (κ3) is 4.75. The highest BCUT2D eigenvalue weighted by Crippen LogP contribution is 2.33. The number of rotatable bonds is 7. The average Bonchev–Trinajstić information content (AvgIpc) is 2.59. The fourth-order valence-electron chi connectivity index (χ4n) is 2.95. The Balaban J connectivity index is 2.34. The summed E-state index contributed by atoms with van der Waals surface area (Å²) in [5, 5.41) is 25.8. The van der Waals surface area contributed by atoms with Crippen molar-refractivity contribution >= 4 is 17.7 Å². The van der Waals surface area contributed by atoms with Crippen LogP contribution in [-0.2, 0) is 9.53 Å². The van der Waals surface area contributed by atoms with Crippen molar-refractivity contribution in [2.45, 2.75) is 39.7 Å². The van der Waals surface area contributed by atoms with Crippen molar-refractivity contribution in [2.75, 3.05) is 6.61 Å². The Morgan fingerprint density at radius 3 is 2.78 bits per heavy atom. The second-order valence-electron chi connectivity index (χ2n) is 6.57. The van der Waals surface area contributed by atoms with E-state index in [0.29, 0.717) is 11.3 Å². The summed E-state index contributed by atoms with van der Waals surface area (Å²) in [6.07, 6.45) is 1.88. The molecule has 146 valence electrons. The maximum Gasteiger partial charge on any atom is 0.338 e. The number of phenols is 1. The van der Waals surface area contributed by atoms with Crippen molar-refractivity contribution in [2.24, 2.45) is 5.92 Å². The molecule has 3 N–H and O–H groups in total.